The Morgan fingerprint density at radius 3 is 3.17 bits per heavy atom. The minimum Gasteiger partial charge on any atom is -0.446 e. The number of aliphatic hydroxyl groups excluding tert-OH is 1. The van der Waals surface area contributed by atoms with E-state index in [9.17, 15) is 0 Å². The summed E-state index contributed by atoms with van der Waals surface area (Å²) in [7, 11) is 0. The zero-order valence-corrected chi connectivity index (χ0v) is 6.34. The van der Waals surface area contributed by atoms with Crippen LogP contribution in [0.5, 0.6) is 0 Å². The summed E-state index contributed by atoms with van der Waals surface area (Å²) in [6, 6.07) is 0. The van der Waals surface area contributed by atoms with Crippen molar-refractivity contribution in [2.75, 3.05) is 6.54 Å². The molecule has 0 unspecified atom stereocenters. The SMILES string of the molecule is [N-]=[N+]=NCCc1coc(CO)n1. The second-order valence-corrected chi connectivity index (χ2v) is 2.10. The van der Waals surface area contributed by atoms with Gasteiger partial charge in [-0.2, -0.15) is 0 Å². The Kier molecular flexibility index (Phi) is 3.13. The highest BCUT2D eigenvalue weighted by Gasteiger charge is 2.00. The van der Waals surface area contributed by atoms with Gasteiger partial charge in [-0.25, -0.2) is 4.98 Å². The standard InChI is InChI=1S/C6H8N4O2/c7-10-8-2-1-5-4-12-6(3-11)9-5/h4,11H,1-3H2. The molecule has 1 N–H and O–H groups in total. The van der Waals surface area contributed by atoms with Crippen molar-refractivity contribution in [3.05, 3.63) is 28.3 Å². The quantitative estimate of drug-likeness (QED) is 0.413. The Balaban J connectivity index is 2.46. The van der Waals surface area contributed by atoms with Crippen LogP contribution >= 0.6 is 0 Å². The number of azide groups is 1. The van der Waals surface area contributed by atoms with E-state index in [-0.39, 0.29) is 12.5 Å². The van der Waals surface area contributed by atoms with Gasteiger partial charge in [0.15, 0.2) is 0 Å². The summed E-state index contributed by atoms with van der Waals surface area (Å²) >= 11 is 0. The molecule has 1 aromatic rings. The van der Waals surface area contributed by atoms with E-state index in [0.29, 0.717) is 18.7 Å². The van der Waals surface area contributed by atoms with Crippen LogP contribution in [0.3, 0.4) is 0 Å². The van der Waals surface area contributed by atoms with Crippen molar-refractivity contribution in [1.82, 2.24) is 4.98 Å². The summed E-state index contributed by atoms with van der Waals surface area (Å²) in [6.45, 7) is 0.148. The van der Waals surface area contributed by atoms with Crippen LogP contribution in [0.1, 0.15) is 11.6 Å². The van der Waals surface area contributed by atoms with Gasteiger partial charge in [-0.05, 0) is 12.0 Å². The van der Waals surface area contributed by atoms with Crippen LogP contribution in [0.15, 0.2) is 15.8 Å². The fourth-order valence-corrected chi connectivity index (χ4v) is 0.746. The molecule has 1 rings (SSSR count). The highest BCUT2D eigenvalue weighted by molar-refractivity contribution is 4.96. The molecular formula is C6H8N4O2. The minimum atomic E-state index is -0.207. The Hall–Kier alpha value is -1.52. The third kappa shape index (κ3) is 2.26. The number of hydrogen-bond acceptors (Lipinski definition) is 4. The molecule has 0 spiro atoms. The van der Waals surface area contributed by atoms with Crippen molar-refractivity contribution in [2.24, 2.45) is 5.11 Å². The van der Waals surface area contributed by atoms with Crippen LogP contribution in [-0.4, -0.2) is 16.6 Å². The van der Waals surface area contributed by atoms with E-state index in [4.69, 9.17) is 15.1 Å². The average Bonchev–Trinajstić information content (AvgIpc) is 2.53. The number of oxazole rings is 1. The first-order valence-corrected chi connectivity index (χ1v) is 3.42. The van der Waals surface area contributed by atoms with E-state index < -0.39 is 0 Å². The molecule has 0 bridgehead atoms. The van der Waals surface area contributed by atoms with Crippen molar-refractivity contribution >= 4 is 0 Å². The van der Waals surface area contributed by atoms with Crippen molar-refractivity contribution in [3.63, 3.8) is 0 Å². The van der Waals surface area contributed by atoms with E-state index >= 15 is 0 Å². The van der Waals surface area contributed by atoms with Gasteiger partial charge < -0.3 is 9.52 Å². The molecule has 0 amide bonds. The summed E-state index contributed by atoms with van der Waals surface area (Å²) in [5.41, 5.74) is 8.66. The molecule has 0 aromatic carbocycles. The third-order valence-electron chi connectivity index (χ3n) is 1.27. The monoisotopic (exact) mass is 168 g/mol. The van der Waals surface area contributed by atoms with Crippen LogP contribution in [0.2, 0.25) is 0 Å². The summed E-state index contributed by atoms with van der Waals surface area (Å²) in [4.78, 5) is 6.50. The second kappa shape index (κ2) is 4.38. The predicted molar refractivity (Wildman–Crippen MR) is 40.1 cm³/mol. The van der Waals surface area contributed by atoms with E-state index in [1.807, 2.05) is 0 Å². The first-order chi connectivity index (χ1) is 5.86. The molecule has 0 fully saturated rings. The maximum absolute atomic E-state index is 8.58. The van der Waals surface area contributed by atoms with Gasteiger partial charge in [-0.1, -0.05) is 5.11 Å². The zero-order valence-electron chi connectivity index (χ0n) is 6.34. The second-order valence-electron chi connectivity index (χ2n) is 2.10. The van der Waals surface area contributed by atoms with Gasteiger partial charge in [0.1, 0.15) is 12.9 Å². The minimum absolute atomic E-state index is 0.207. The number of aliphatic hydroxyl groups is 1. The summed E-state index contributed by atoms with van der Waals surface area (Å²) < 4.78 is 4.85. The molecule has 6 nitrogen and oxygen atoms in total. The van der Waals surface area contributed by atoms with Crippen LogP contribution in [0.4, 0.5) is 0 Å². The maximum atomic E-state index is 8.58. The van der Waals surface area contributed by atoms with Crippen molar-refractivity contribution < 1.29 is 9.52 Å². The molecule has 0 aliphatic rings. The first kappa shape index (κ1) is 8.58. The lowest BCUT2D eigenvalue weighted by molar-refractivity contribution is 0.240. The van der Waals surface area contributed by atoms with Crippen LogP contribution in [-0.2, 0) is 13.0 Å². The van der Waals surface area contributed by atoms with Crippen molar-refractivity contribution in [3.8, 4) is 0 Å². The molecule has 64 valence electrons. The summed E-state index contributed by atoms with van der Waals surface area (Å²) in [5, 5.41) is 11.9. The average molecular weight is 168 g/mol. The Morgan fingerprint density at radius 2 is 2.58 bits per heavy atom. The van der Waals surface area contributed by atoms with E-state index in [2.05, 4.69) is 15.0 Å². The number of nitrogens with zero attached hydrogens (tertiary/aromatic N) is 4. The number of rotatable bonds is 4. The summed E-state index contributed by atoms with van der Waals surface area (Å²) in [5.74, 6) is 0.283. The predicted octanol–water partition coefficient (Wildman–Crippen LogP) is 1.02. The van der Waals surface area contributed by atoms with Crippen molar-refractivity contribution in [1.29, 1.82) is 0 Å². The molecule has 0 atom stereocenters. The molecule has 0 saturated carbocycles. The van der Waals surface area contributed by atoms with Gasteiger partial charge in [0.05, 0.1) is 5.69 Å². The molecule has 1 heterocycles. The molecule has 12 heavy (non-hydrogen) atoms. The van der Waals surface area contributed by atoms with Crippen LogP contribution < -0.4 is 0 Å². The van der Waals surface area contributed by atoms with Crippen molar-refractivity contribution in [2.45, 2.75) is 13.0 Å². The molecular weight excluding hydrogens is 160 g/mol. The molecule has 0 aliphatic heterocycles. The first-order valence-electron chi connectivity index (χ1n) is 3.42. The number of aromatic nitrogens is 1. The molecule has 0 aliphatic carbocycles. The summed E-state index contributed by atoms with van der Waals surface area (Å²) in [6.07, 6.45) is 1.98. The Labute approximate surface area is 68.5 Å². The normalized spacial score (nSPS) is 9.42. The zero-order chi connectivity index (χ0) is 8.81. The molecule has 1 aromatic heterocycles. The van der Waals surface area contributed by atoms with Crippen LogP contribution in [0.25, 0.3) is 10.4 Å². The smallest absolute Gasteiger partial charge is 0.219 e. The topological polar surface area (TPSA) is 95.0 Å². The Bertz CT molecular complexity index is 289. The van der Waals surface area contributed by atoms with E-state index in [1.54, 1.807) is 0 Å². The van der Waals surface area contributed by atoms with E-state index in [0.717, 1.165) is 0 Å². The van der Waals surface area contributed by atoms with Gasteiger partial charge in [0.25, 0.3) is 0 Å². The lowest BCUT2D eigenvalue weighted by atomic mass is 10.3. The van der Waals surface area contributed by atoms with E-state index in [1.165, 1.54) is 6.26 Å². The molecule has 0 saturated heterocycles. The fraction of sp³-hybridized carbons (Fsp3) is 0.500. The van der Waals surface area contributed by atoms with Gasteiger partial charge in [0.2, 0.25) is 5.89 Å². The van der Waals surface area contributed by atoms with Crippen LogP contribution in [0, 0.1) is 0 Å². The third-order valence-corrected chi connectivity index (χ3v) is 1.27. The lowest BCUT2D eigenvalue weighted by Gasteiger charge is -1.85. The highest BCUT2D eigenvalue weighted by atomic mass is 16.4. The lowest BCUT2D eigenvalue weighted by Crippen LogP contribution is -1.89. The van der Waals surface area contributed by atoms with Gasteiger partial charge >= 0.3 is 0 Å². The maximum Gasteiger partial charge on any atom is 0.219 e. The van der Waals surface area contributed by atoms with Gasteiger partial charge in [-0.15, -0.1) is 0 Å². The fourth-order valence-electron chi connectivity index (χ4n) is 0.746. The molecule has 0 radical (unpaired) electrons. The highest BCUT2D eigenvalue weighted by Crippen LogP contribution is 2.02. The van der Waals surface area contributed by atoms with Gasteiger partial charge in [0, 0.05) is 11.5 Å². The largest absolute Gasteiger partial charge is 0.446 e. The molecule has 6 heteroatoms. The number of hydrogen-bond donors (Lipinski definition) is 1. The van der Waals surface area contributed by atoms with Gasteiger partial charge in [-0.3, -0.25) is 0 Å². The Morgan fingerprint density at radius 1 is 1.75 bits per heavy atom.